The molecule has 1 aliphatic heterocycles. The lowest BCUT2D eigenvalue weighted by Gasteiger charge is -2.30. The van der Waals surface area contributed by atoms with Crippen LogP contribution in [0.1, 0.15) is 23.1 Å². The summed E-state index contributed by atoms with van der Waals surface area (Å²) in [6.45, 7) is 4.98. The van der Waals surface area contributed by atoms with Gasteiger partial charge in [-0.15, -0.1) is 0 Å². The van der Waals surface area contributed by atoms with Crippen molar-refractivity contribution in [1.29, 1.82) is 0 Å². The highest BCUT2D eigenvalue weighted by Crippen LogP contribution is 2.38. The van der Waals surface area contributed by atoms with Gasteiger partial charge in [-0.1, -0.05) is 30.3 Å². The van der Waals surface area contributed by atoms with Crippen LogP contribution in [0.15, 0.2) is 65.6 Å². The molecule has 0 amide bonds. The van der Waals surface area contributed by atoms with Crippen LogP contribution in [0.3, 0.4) is 0 Å². The molecule has 0 fully saturated rings. The van der Waals surface area contributed by atoms with Crippen LogP contribution in [-0.4, -0.2) is 6.54 Å². The third-order valence-corrected chi connectivity index (χ3v) is 5.92. The van der Waals surface area contributed by atoms with Gasteiger partial charge in [-0.2, -0.15) is 0 Å². The Morgan fingerprint density at radius 3 is 2.54 bits per heavy atom. The van der Waals surface area contributed by atoms with Gasteiger partial charge in [-0.05, 0) is 96.8 Å². The van der Waals surface area contributed by atoms with E-state index in [9.17, 15) is 4.39 Å². The van der Waals surface area contributed by atoms with Crippen molar-refractivity contribution in [3.8, 4) is 11.1 Å². The molecule has 1 aliphatic rings. The highest BCUT2D eigenvalue weighted by molar-refractivity contribution is 8.00. The van der Waals surface area contributed by atoms with Gasteiger partial charge in [0.05, 0.1) is 5.69 Å². The van der Waals surface area contributed by atoms with Gasteiger partial charge >= 0.3 is 0 Å². The average molecular weight is 364 g/mol. The highest BCUT2D eigenvalue weighted by Gasteiger charge is 2.19. The van der Waals surface area contributed by atoms with Crippen LogP contribution in [0, 0.1) is 19.7 Å². The molecule has 1 nitrogen and oxygen atoms in total. The molecule has 132 valence electrons. The minimum atomic E-state index is -0.150. The Morgan fingerprint density at radius 1 is 0.923 bits per heavy atom. The second-order valence-electron chi connectivity index (χ2n) is 6.92. The van der Waals surface area contributed by atoms with Gasteiger partial charge in [0, 0.05) is 11.4 Å². The normalized spacial score (nSPS) is 13.6. The first kappa shape index (κ1) is 17.2. The number of fused-ring (bicyclic) bond motifs is 1. The Balaban J connectivity index is 1.69. The Kier molecular flexibility index (Phi) is 4.73. The molecule has 0 N–H and O–H groups in total. The predicted octanol–water partition coefficient (Wildman–Crippen LogP) is 6.57. The van der Waals surface area contributed by atoms with Gasteiger partial charge < -0.3 is 4.31 Å². The zero-order chi connectivity index (χ0) is 18.1. The van der Waals surface area contributed by atoms with Gasteiger partial charge in [0.25, 0.3) is 0 Å². The summed E-state index contributed by atoms with van der Waals surface area (Å²) in [5, 5.41) is 0. The van der Waals surface area contributed by atoms with Gasteiger partial charge in [-0.25, -0.2) is 4.39 Å². The number of hydrogen-bond donors (Lipinski definition) is 0. The van der Waals surface area contributed by atoms with Gasteiger partial charge in [0.15, 0.2) is 0 Å². The van der Waals surface area contributed by atoms with Crippen molar-refractivity contribution in [2.75, 3.05) is 10.8 Å². The van der Waals surface area contributed by atoms with Crippen molar-refractivity contribution in [2.24, 2.45) is 0 Å². The van der Waals surface area contributed by atoms with Crippen LogP contribution >= 0.6 is 11.9 Å². The minimum absolute atomic E-state index is 0.150. The smallest absolute Gasteiger partial charge is 0.126 e. The molecule has 3 aromatic carbocycles. The maximum absolute atomic E-state index is 13.6. The van der Waals surface area contributed by atoms with E-state index < -0.39 is 0 Å². The molecule has 0 atom stereocenters. The fraction of sp³-hybridized carbons (Fsp3) is 0.217. The fourth-order valence-electron chi connectivity index (χ4n) is 3.44. The molecule has 4 rings (SSSR count). The third kappa shape index (κ3) is 3.49. The van der Waals surface area contributed by atoms with Gasteiger partial charge in [0.2, 0.25) is 0 Å². The Labute approximate surface area is 159 Å². The second kappa shape index (κ2) is 7.16. The molecule has 0 unspecified atom stereocenters. The number of aryl methyl sites for hydroxylation is 3. The van der Waals surface area contributed by atoms with Crippen LogP contribution in [0.25, 0.3) is 11.1 Å². The van der Waals surface area contributed by atoms with E-state index >= 15 is 0 Å². The van der Waals surface area contributed by atoms with E-state index in [2.05, 4.69) is 53.7 Å². The number of hydrogen-bond acceptors (Lipinski definition) is 2. The topological polar surface area (TPSA) is 3.24 Å². The summed E-state index contributed by atoms with van der Waals surface area (Å²) in [6.07, 6.45) is 2.28. The summed E-state index contributed by atoms with van der Waals surface area (Å²) < 4.78 is 16.0. The molecular formula is C23H22FNS. The first-order valence-corrected chi connectivity index (χ1v) is 9.79. The number of anilines is 1. The summed E-state index contributed by atoms with van der Waals surface area (Å²) in [5.74, 6) is -0.150. The molecule has 0 radical (unpaired) electrons. The molecule has 26 heavy (non-hydrogen) atoms. The number of benzene rings is 3. The summed E-state index contributed by atoms with van der Waals surface area (Å²) in [6, 6.07) is 20.6. The van der Waals surface area contributed by atoms with E-state index in [1.54, 1.807) is 18.0 Å². The van der Waals surface area contributed by atoms with Crippen molar-refractivity contribution in [3.05, 3.63) is 83.2 Å². The van der Waals surface area contributed by atoms with Crippen LogP contribution < -0.4 is 4.31 Å². The zero-order valence-electron chi connectivity index (χ0n) is 15.1. The van der Waals surface area contributed by atoms with E-state index in [-0.39, 0.29) is 5.82 Å². The van der Waals surface area contributed by atoms with E-state index in [0.717, 1.165) is 24.1 Å². The molecule has 0 aromatic heterocycles. The summed E-state index contributed by atoms with van der Waals surface area (Å²) >= 11 is 1.80. The number of nitrogens with zero attached hydrogens (tertiary/aromatic N) is 1. The lowest BCUT2D eigenvalue weighted by Crippen LogP contribution is -2.22. The lowest BCUT2D eigenvalue weighted by molar-refractivity contribution is 0.619. The van der Waals surface area contributed by atoms with E-state index in [0.29, 0.717) is 5.56 Å². The molecule has 0 spiro atoms. The van der Waals surface area contributed by atoms with Gasteiger partial charge in [0.1, 0.15) is 5.82 Å². The quantitative estimate of drug-likeness (QED) is 0.484. The van der Waals surface area contributed by atoms with Crippen molar-refractivity contribution in [2.45, 2.75) is 31.6 Å². The molecule has 3 heteroatoms. The predicted molar refractivity (Wildman–Crippen MR) is 109 cm³/mol. The van der Waals surface area contributed by atoms with Crippen molar-refractivity contribution < 1.29 is 4.39 Å². The largest absolute Gasteiger partial charge is 0.312 e. The minimum Gasteiger partial charge on any atom is -0.312 e. The van der Waals surface area contributed by atoms with E-state index in [4.69, 9.17) is 0 Å². The van der Waals surface area contributed by atoms with E-state index in [1.165, 1.54) is 28.1 Å². The first-order valence-electron chi connectivity index (χ1n) is 9.02. The maximum atomic E-state index is 13.6. The molecule has 1 heterocycles. The van der Waals surface area contributed by atoms with Crippen molar-refractivity contribution >= 4 is 17.6 Å². The summed E-state index contributed by atoms with van der Waals surface area (Å²) in [4.78, 5) is 1.26. The van der Waals surface area contributed by atoms with Crippen LogP contribution in [-0.2, 0) is 6.42 Å². The standard InChI is InChI=1S/C23H22FNS/c1-16-5-3-7-21(13-16)26-25-12-4-6-18-8-9-20(15-23(18)25)19-10-11-22(24)17(2)14-19/h3,5,7-11,13-15H,4,6,12H2,1-2H3. The summed E-state index contributed by atoms with van der Waals surface area (Å²) in [7, 11) is 0. The molecule has 0 saturated heterocycles. The molecular weight excluding hydrogens is 341 g/mol. The average Bonchev–Trinajstić information content (AvgIpc) is 2.64. The van der Waals surface area contributed by atoms with Crippen LogP contribution in [0.2, 0.25) is 0 Å². The lowest BCUT2D eigenvalue weighted by atomic mass is 9.97. The zero-order valence-corrected chi connectivity index (χ0v) is 15.9. The maximum Gasteiger partial charge on any atom is 0.126 e. The van der Waals surface area contributed by atoms with Gasteiger partial charge in [-0.3, -0.25) is 0 Å². The Bertz CT molecular complexity index is 951. The van der Waals surface area contributed by atoms with Crippen LogP contribution in [0.4, 0.5) is 10.1 Å². The number of halogens is 1. The molecule has 0 aliphatic carbocycles. The first-order chi connectivity index (χ1) is 12.6. The van der Waals surface area contributed by atoms with Crippen molar-refractivity contribution in [3.63, 3.8) is 0 Å². The SMILES string of the molecule is Cc1cccc(SN2CCCc3ccc(-c4ccc(F)c(C)c4)cc32)c1. The Hall–Kier alpha value is -2.26. The van der Waals surface area contributed by atoms with Crippen molar-refractivity contribution in [1.82, 2.24) is 0 Å². The second-order valence-corrected chi connectivity index (χ2v) is 8.02. The highest BCUT2D eigenvalue weighted by atomic mass is 32.2. The monoisotopic (exact) mass is 363 g/mol. The summed E-state index contributed by atoms with van der Waals surface area (Å²) in [5.41, 5.74) is 6.84. The van der Waals surface area contributed by atoms with Crippen LogP contribution in [0.5, 0.6) is 0 Å². The molecule has 0 saturated carbocycles. The third-order valence-electron chi connectivity index (χ3n) is 4.86. The molecule has 0 bridgehead atoms. The fourth-order valence-corrected chi connectivity index (χ4v) is 4.56. The number of rotatable bonds is 3. The van der Waals surface area contributed by atoms with E-state index in [1.807, 2.05) is 19.1 Å². The Morgan fingerprint density at radius 2 is 1.73 bits per heavy atom. The molecule has 3 aromatic rings.